The summed E-state index contributed by atoms with van der Waals surface area (Å²) >= 11 is 5.99. The molecule has 0 heterocycles. The summed E-state index contributed by atoms with van der Waals surface area (Å²) in [5, 5.41) is 3.63. The Kier molecular flexibility index (Phi) is 7.80. The Balaban J connectivity index is 2.12. The molecule has 2 aromatic carbocycles. The van der Waals surface area contributed by atoms with Gasteiger partial charge in [-0.05, 0) is 48.7 Å². The van der Waals surface area contributed by atoms with Crippen LogP contribution in [0.4, 0.5) is 0 Å². The topological polar surface area (TPSA) is 56.8 Å². The maximum atomic E-state index is 12.8. The summed E-state index contributed by atoms with van der Waals surface area (Å²) in [7, 11) is 3.18. The molecule has 27 heavy (non-hydrogen) atoms. The van der Waals surface area contributed by atoms with Crippen LogP contribution in [0, 0.1) is 0 Å². The van der Waals surface area contributed by atoms with Crippen molar-refractivity contribution in [1.29, 1.82) is 0 Å². The molecule has 0 aromatic heterocycles. The molecule has 0 saturated heterocycles. The molecule has 0 spiro atoms. The summed E-state index contributed by atoms with van der Waals surface area (Å²) in [6.45, 7) is 3.92. The molecule has 0 fully saturated rings. The van der Waals surface area contributed by atoms with Gasteiger partial charge in [-0.15, -0.1) is 0 Å². The van der Waals surface area contributed by atoms with Gasteiger partial charge < -0.3 is 19.5 Å². The van der Waals surface area contributed by atoms with E-state index in [4.69, 9.17) is 25.8 Å². The lowest BCUT2D eigenvalue weighted by atomic mass is 10.0. The molecule has 6 heteroatoms. The number of nitrogens with one attached hydrogen (secondary N) is 1. The van der Waals surface area contributed by atoms with Crippen molar-refractivity contribution in [1.82, 2.24) is 5.32 Å². The third kappa shape index (κ3) is 5.54. The molecule has 0 bridgehead atoms. The number of hydrogen-bond donors (Lipinski definition) is 1. The van der Waals surface area contributed by atoms with Gasteiger partial charge >= 0.3 is 0 Å². The fourth-order valence-electron chi connectivity index (χ4n) is 2.78. The molecule has 1 N–H and O–H groups in total. The summed E-state index contributed by atoms with van der Waals surface area (Å²) in [4.78, 5) is 12.8. The number of halogens is 1. The summed E-state index contributed by atoms with van der Waals surface area (Å²) in [5.74, 6) is 1.69. The van der Waals surface area contributed by atoms with Crippen LogP contribution in [0.25, 0.3) is 0 Å². The highest BCUT2D eigenvalue weighted by molar-refractivity contribution is 6.30. The SMILES string of the molecule is CC[C@H](NC(=O)[C@@H](CC)Oc1cccc(Cl)c1)c1ccc(OC)c(OC)c1. The Bertz CT molecular complexity index is 766. The minimum absolute atomic E-state index is 0.158. The highest BCUT2D eigenvalue weighted by Gasteiger charge is 2.22. The second-order valence-corrected chi connectivity index (χ2v) is 6.49. The molecular formula is C21H26ClNO4. The third-order valence-electron chi connectivity index (χ3n) is 4.27. The molecule has 0 unspecified atom stereocenters. The Morgan fingerprint density at radius 2 is 1.78 bits per heavy atom. The van der Waals surface area contributed by atoms with Crippen LogP contribution in [0.5, 0.6) is 17.2 Å². The highest BCUT2D eigenvalue weighted by atomic mass is 35.5. The lowest BCUT2D eigenvalue weighted by molar-refractivity contribution is -0.128. The molecule has 146 valence electrons. The zero-order valence-corrected chi connectivity index (χ0v) is 16.9. The molecule has 1 amide bonds. The van der Waals surface area contributed by atoms with Crippen LogP contribution < -0.4 is 19.5 Å². The van der Waals surface area contributed by atoms with Gasteiger partial charge in [-0.2, -0.15) is 0 Å². The van der Waals surface area contributed by atoms with Crippen molar-refractivity contribution in [3.8, 4) is 17.2 Å². The van der Waals surface area contributed by atoms with E-state index in [0.29, 0.717) is 28.7 Å². The molecule has 0 aliphatic heterocycles. The number of carbonyl (C=O) groups excluding carboxylic acids is 1. The van der Waals surface area contributed by atoms with E-state index in [1.165, 1.54) is 0 Å². The monoisotopic (exact) mass is 391 g/mol. The van der Waals surface area contributed by atoms with E-state index < -0.39 is 6.10 Å². The number of amides is 1. The number of carbonyl (C=O) groups is 1. The Morgan fingerprint density at radius 1 is 1.04 bits per heavy atom. The minimum Gasteiger partial charge on any atom is -0.493 e. The van der Waals surface area contributed by atoms with Crippen LogP contribution in [0.2, 0.25) is 5.02 Å². The molecule has 0 aliphatic carbocycles. The van der Waals surface area contributed by atoms with Crippen molar-refractivity contribution < 1.29 is 19.0 Å². The van der Waals surface area contributed by atoms with Crippen molar-refractivity contribution in [2.45, 2.75) is 38.8 Å². The minimum atomic E-state index is -0.599. The lowest BCUT2D eigenvalue weighted by Crippen LogP contribution is -2.39. The van der Waals surface area contributed by atoms with Gasteiger partial charge in [0.25, 0.3) is 5.91 Å². The van der Waals surface area contributed by atoms with E-state index in [-0.39, 0.29) is 11.9 Å². The first kappa shape index (κ1) is 20.9. The second kappa shape index (κ2) is 10.1. The number of rotatable bonds is 9. The van der Waals surface area contributed by atoms with Crippen LogP contribution in [0.3, 0.4) is 0 Å². The van der Waals surface area contributed by atoms with Crippen LogP contribution in [0.15, 0.2) is 42.5 Å². The Morgan fingerprint density at radius 3 is 2.37 bits per heavy atom. The number of ether oxygens (including phenoxy) is 3. The third-order valence-corrected chi connectivity index (χ3v) is 4.51. The summed E-state index contributed by atoms with van der Waals surface area (Å²) in [5.41, 5.74) is 0.945. The normalized spacial score (nSPS) is 12.8. The lowest BCUT2D eigenvalue weighted by Gasteiger charge is -2.23. The predicted molar refractivity (Wildman–Crippen MR) is 107 cm³/mol. The molecule has 0 radical (unpaired) electrons. The number of hydrogen-bond acceptors (Lipinski definition) is 4. The Labute approximate surface area is 165 Å². The van der Waals surface area contributed by atoms with E-state index >= 15 is 0 Å². The van der Waals surface area contributed by atoms with Gasteiger partial charge in [0.1, 0.15) is 5.75 Å². The maximum absolute atomic E-state index is 12.8. The van der Waals surface area contributed by atoms with E-state index in [9.17, 15) is 4.79 Å². The average molecular weight is 392 g/mol. The van der Waals surface area contributed by atoms with Crippen LogP contribution >= 0.6 is 11.6 Å². The average Bonchev–Trinajstić information content (AvgIpc) is 2.69. The molecule has 0 saturated carbocycles. The first-order chi connectivity index (χ1) is 13.0. The number of methoxy groups -OCH3 is 2. The zero-order chi connectivity index (χ0) is 19.8. The first-order valence-electron chi connectivity index (χ1n) is 8.96. The molecular weight excluding hydrogens is 366 g/mol. The van der Waals surface area contributed by atoms with Gasteiger partial charge in [0.05, 0.1) is 20.3 Å². The Hall–Kier alpha value is -2.40. The second-order valence-electron chi connectivity index (χ2n) is 6.06. The van der Waals surface area contributed by atoms with E-state index in [2.05, 4.69) is 5.32 Å². The first-order valence-corrected chi connectivity index (χ1v) is 9.34. The van der Waals surface area contributed by atoms with Crippen molar-refractivity contribution in [2.75, 3.05) is 14.2 Å². The van der Waals surface area contributed by atoms with E-state index in [1.54, 1.807) is 38.5 Å². The summed E-state index contributed by atoms with van der Waals surface area (Å²) < 4.78 is 16.5. The van der Waals surface area contributed by atoms with Gasteiger partial charge in [-0.3, -0.25) is 4.79 Å². The van der Waals surface area contributed by atoms with Crippen molar-refractivity contribution in [3.05, 3.63) is 53.1 Å². The molecule has 5 nitrogen and oxygen atoms in total. The quantitative estimate of drug-likeness (QED) is 0.668. The predicted octanol–water partition coefficient (Wildman–Crippen LogP) is 4.78. The van der Waals surface area contributed by atoms with E-state index in [1.807, 2.05) is 32.0 Å². The van der Waals surface area contributed by atoms with Crippen molar-refractivity contribution in [3.63, 3.8) is 0 Å². The highest BCUT2D eigenvalue weighted by Crippen LogP contribution is 2.31. The van der Waals surface area contributed by atoms with Crippen molar-refractivity contribution >= 4 is 17.5 Å². The molecule has 0 aliphatic rings. The van der Waals surface area contributed by atoms with Crippen LogP contribution in [0.1, 0.15) is 38.3 Å². The smallest absolute Gasteiger partial charge is 0.261 e. The van der Waals surface area contributed by atoms with E-state index in [0.717, 1.165) is 12.0 Å². The van der Waals surface area contributed by atoms with Gasteiger partial charge in [0.15, 0.2) is 17.6 Å². The van der Waals surface area contributed by atoms with Gasteiger partial charge in [-0.1, -0.05) is 37.6 Å². The molecule has 2 atom stereocenters. The van der Waals surface area contributed by atoms with Gasteiger partial charge in [0, 0.05) is 5.02 Å². The summed E-state index contributed by atoms with van der Waals surface area (Å²) in [6, 6.07) is 12.5. The fourth-order valence-corrected chi connectivity index (χ4v) is 2.96. The fraction of sp³-hybridized carbons (Fsp3) is 0.381. The molecule has 2 rings (SSSR count). The molecule has 2 aromatic rings. The van der Waals surface area contributed by atoms with Gasteiger partial charge in [-0.25, -0.2) is 0 Å². The summed E-state index contributed by atoms with van der Waals surface area (Å²) in [6.07, 6.45) is 0.674. The zero-order valence-electron chi connectivity index (χ0n) is 16.1. The van der Waals surface area contributed by atoms with Gasteiger partial charge in [0.2, 0.25) is 0 Å². The van der Waals surface area contributed by atoms with Crippen LogP contribution in [-0.4, -0.2) is 26.2 Å². The largest absolute Gasteiger partial charge is 0.493 e. The standard InChI is InChI=1S/C21H26ClNO4/c1-5-17(14-10-11-19(25-3)20(12-14)26-4)23-21(24)18(6-2)27-16-9-7-8-15(22)13-16/h7-13,17-18H,5-6H2,1-4H3,(H,23,24)/t17-,18+/m0/s1. The van der Waals surface area contributed by atoms with Crippen molar-refractivity contribution in [2.24, 2.45) is 0 Å². The maximum Gasteiger partial charge on any atom is 0.261 e. The van der Waals surface area contributed by atoms with Crippen LogP contribution in [-0.2, 0) is 4.79 Å². The number of benzene rings is 2.